The Balaban J connectivity index is 2.67. The molecule has 0 radical (unpaired) electrons. The van der Waals surface area contributed by atoms with E-state index < -0.39 is 0 Å². The fraction of sp³-hybridized carbons (Fsp3) is 0.714. The van der Waals surface area contributed by atoms with Gasteiger partial charge < -0.3 is 9.84 Å². The summed E-state index contributed by atoms with van der Waals surface area (Å²) in [4.78, 5) is 23.4. The van der Waals surface area contributed by atoms with Crippen LogP contribution in [0, 0.1) is 11.3 Å². The van der Waals surface area contributed by atoms with Gasteiger partial charge in [0.05, 0.1) is 13.5 Å². The van der Waals surface area contributed by atoms with E-state index >= 15 is 0 Å². The lowest BCUT2D eigenvalue weighted by atomic mass is 9.74. The van der Waals surface area contributed by atoms with E-state index in [1.54, 1.807) is 0 Å². The van der Waals surface area contributed by atoms with Gasteiger partial charge in [0.25, 0.3) is 0 Å². The van der Waals surface area contributed by atoms with Crippen molar-refractivity contribution in [1.82, 2.24) is 0 Å². The summed E-state index contributed by atoms with van der Waals surface area (Å²) in [5.41, 5.74) is 0.421. The number of carbonyl (C=O) groups is 2. The van der Waals surface area contributed by atoms with Gasteiger partial charge in [0.15, 0.2) is 5.78 Å². The van der Waals surface area contributed by atoms with Crippen LogP contribution in [0.5, 0.6) is 0 Å². The zero-order chi connectivity index (χ0) is 13.8. The summed E-state index contributed by atoms with van der Waals surface area (Å²) in [6.07, 6.45) is 4.28. The zero-order valence-corrected chi connectivity index (χ0v) is 11.4. The number of aliphatic hydroxyl groups excluding tert-OH is 1. The fourth-order valence-electron chi connectivity index (χ4n) is 2.26. The monoisotopic (exact) mass is 254 g/mol. The lowest BCUT2D eigenvalue weighted by Crippen LogP contribution is -2.30. The summed E-state index contributed by atoms with van der Waals surface area (Å²) in [6, 6.07) is 0. The highest BCUT2D eigenvalue weighted by atomic mass is 16.5. The van der Waals surface area contributed by atoms with E-state index in [9.17, 15) is 14.7 Å². The summed E-state index contributed by atoms with van der Waals surface area (Å²) < 4.78 is 4.59. The molecule has 0 saturated carbocycles. The maximum absolute atomic E-state index is 12.2. The first-order chi connectivity index (χ1) is 8.40. The van der Waals surface area contributed by atoms with E-state index in [2.05, 4.69) is 4.74 Å². The molecular formula is C14H22O4. The normalized spacial score (nSPS) is 20.2. The van der Waals surface area contributed by atoms with Crippen molar-refractivity contribution in [2.24, 2.45) is 11.3 Å². The average molecular weight is 254 g/mol. The second-order valence-corrected chi connectivity index (χ2v) is 5.51. The molecule has 0 bridgehead atoms. The molecule has 102 valence electrons. The molecule has 4 heteroatoms. The van der Waals surface area contributed by atoms with Gasteiger partial charge in [-0.05, 0) is 30.8 Å². The van der Waals surface area contributed by atoms with Crippen LogP contribution in [0.1, 0.15) is 39.5 Å². The summed E-state index contributed by atoms with van der Waals surface area (Å²) in [7, 11) is 1.32. The van der Waals surface area contributed by atoms with Gasteiger partial charge in [0, 0.05) is 12.0 Å². The Bertz CT molecular complexity index is 355. The van der Waals surface area contributed by atoms with Crippen LogP contribution in [0.2, 0.25) is 0 Å². The van der Waals surface area contributed by atoms with Gasteiger partial charge in [-0.1, -0.05) is 19.9 Å². The van der Waals surface area contributed by atoms with Crippen molar-refractivity contribution in [3.05, 3.63) is 11.6 Å². The number of allylic oxidation sites excluding steroid dienone is 2. The molecule has 1 rings (SSSR count). The Hall–Kier alpha value is -1.16. The van der Waals surface area contributed by atoms with Crippen LogP contribution in [0.25, 0.3) is 0 Å². The molecule has 1 aliphatic carbocycles. The number of aliphatic hydroxyl groups is 1. The van der Waals surface area contributed by atoms with E-state index in [0.717, 1.165) is 18.4 Å². The number of rotatable bonds is 5. The topological polar surface area (TPSA) is 63.6 Å². The third kappa shape index (κ3) is 3.67. The van der Waals surface area contributed by atoms with Crippen molar-refractivity contribution in [2.45, 2.75) is 39.5 Å². The average Bonchev–Trinajstić information content (AvgIpc) is 2.33. The van der Waals surface area contributed by atoms with Crippen LogP contribution in [0.3, 0.4) is 0 Å². The Labute approximate surface area is 108 Å². The number of carbonyl (C=O) groups excluding carboxylic acids is 2. The van der Waals surface area contributed by atoms with Crippen molar-refractivity contribution in [1.29, 1.82) is 0 Å². The van der Waals surface area contributed by atoms with Crippen molar-refractivity contribution < 1.29 is 19.4 Å². The molecule has 18 heavy (non-hydrogen) atoms. The van der Waals surface area contributed by atoms with Crippen LogP contribution in [-0.2, 0) is 14.3 Å². The van der Waals surface area contributed by atoms with Crippen molar-refractivity contribution >= 4 is 11.8 Å². The van der Waals surface area contributed by atoms with E-state index in [0.29, 0.717) is 6.42 Å². The molecule has 1 aliphatic rings. The molecule has 0 aliphatic heterocycles. The van der Waals surface area contributed by atoms with Crippen molar-refractivity contribution in [3.8, 4) is 0 Å². The molecule has 0 amide bonds. The van der Waals surface area contributed by atoms with Crippen LogP contribution in [0.15, 0.2) is 11.6 Å². The Morgan fingerprint density at radius 1 is 1.56 bits per heavy atom. The third-order valence-corrected chi connectivity index (χ3v) is 3.52. The molecule has 0 aromatic rings. The summed E-state index contributed by atoms with van der Waals surface area (Å²) in [5, 5.41) is 9.27. The molecule has 0 heterocycles. The zero-order valence-electron chi connectivity index (χ0n) is 11.4. The minimum atomic E-state index is -0.350. The van der Waals surface area contributed by atoms with Gasteiger partial charge in [-0.15, -0.1) is 0 Å². The first-order valence-electron chi connectivity index (χ1n) is 6.32. The van der Waals surface area contributed by atoms with Crippen LogP contribution >= 0.6 is 0 Å². The van der Waals surface area contributed by atoms with Crippen LogP contribution in [0.4, 0.5) is 0 Å². The number of esters is 1. The van der Waals surface area contributed by atoms with Gasteiger partial charge in [-0.3, -0.25) is 9.59 Å². The van der Waals surface area contributed by atoms with E-state index in [1.165, 1.54) is 7.11 Å². The molecule has 1 atom stereocenters. The number of hydrogen-bond acceptors (Lipinski definition) is 4. The largest absolute Gasteiger partial charge is 0.469 e. The molecule has 4 nitrogen and oxygen atoms in total. The smallest absolute Gasteiger partial charge is 0.305 e. The lowest BCUT2D eigenvalue weighted by Gasteiger charge is -2.29. The molecule has 1 unspecified atom stereocenters. The Morgan fingerprint density at radius 2 is 2.22 bits per heavy atom. The van der Waals surface area contributed by atoms with E-state index in [1.807, 2.05) is 19.9 Å². The number of Topliss-reactive ketones (excluding diaryl/α,β-unsaturated/α-hetero) is 1. The van der Waals surface area contributed by atoms with Gasteiger partial charge >= 0.3 is 5.97 Å². The van der Waals surface area contributed by atoms with E-state index in [4.69, 9.17) is 0 Å². The molecule has 0 fully saturated rings. The predicted molar refractivity (Wildman–Crippen MR) is 67.9 cm³/mol. The van der Waals surface area contributed by atoms with Crippen molar-refractivity contribution in [3.63, 3.8) is 0 Å². The molecular weight excluding hydrogens is 232 g/mol. The van der Waals surface area contributed by atoms with E-state index in [-0.39, 0.29) is 36.1 Å². The number of ether oxygens (including phenoxy) is 1. The Morgan fingerprint density at radius 3 is 2.78 bits per heavy atom. The minimum Gasteiger partial charge on any atom is -0.469 e. The SMILES string of the molecule is COC(=O)CC(CO)CC1=CCCC(C)(C)C1=O. The standard InChI is InChI=1S/C14H22O4/c1-14(2)6-4-5-11(13(14)17)7-10(9-15)8-12(16)18-3/h5,10,15H,4,6-9H2,1-3H3. The maximum Gasteiger partial charge on any atom is 0.305 e. The van der Waals surface area contributed by atoms with Gasteiger partial charge in [0.2, 0.25) is 0 Å². The van der Waals surface area contributed by atoms with Crippen molar-refractivity contribution in [2.75, 3.05) is 13.7 Å². The molecule has 0 aromatic heterocycles. The second-order valence-electron chi connectivity index (χ2n) is 5.51. The highest BCUT2D eigenvalue weighted by Crippen LogP contribution is 2.34. The molecule has 0 saturated heterocycles. The molecule has 0 aromatic carbocycles. The fourth-order valence-corrected chi connectivity index (χ4v) is 2.26. The third-order valence-electron chi connectivity index (χ3n) is 3.52. The van der Waals surface area contributed by atoms with Crippen LogP contribution < -0.4 is 0 Å². The number of ketones is 1. The quantitative estimate of drug-likeness (QED) is 0.761. The molecule has 0 spiro atoms. The highest BCUT2D eigenvalue weighted by Gasteiger charge is 2.33. The number of methoxy groups -OCH3 is 1. The summed E-state index contributed by atoms with van der Waals surface area (Å²) >= 11 is 0. The minimum absolute atomic E-state index is 0.111. The first kappa shape index (κ1) is 14.9. The second kappa shape index (κ2) is 6.14. The highest BCUT2D eigenvalue weighted by molar-refractivity contribution is 6.00. The maximum atomic E-state index is 12.2. The first-order valence-corrected chi connectivity index (χ1v) is 6.32. The van der Waals surface area contributed by atoms with Gasteiger partial charge in [-0.2, -0.15) is 0 Å². The van der Waals surface area contributed by atoms with Gasteiger partial charge in [-0.25, -0.2) is 0 Å². The predicted octanol–water partition coefficient (Wildman–Crippen LogP) is 1.86. The van der Waals surface area contributed by atoms with Gasteiger partial charge in [0.1, 0.15) is 0 Å². The molecule has 1 N–H and O–H groups in total. The Kier molecular flexibility index (Phi) is 5.08. The lowest BCUT2D eigenvalue weighted by molar-refractivity contribution is -0.142. The van der Waals surface area contributed by atoms with Crippen LogP contribution in [-0.4, -0.2) is 30.6 Å². The number of hydrogen-bond donors (Lipinski definition) is 1. The summed E-state index contributed by atoms with van der Waals surface area (Å²) in [5.74, 6) is -0.448. The summed E-state index contributed by atoms with van der Waals surface area (Å²) in [6.45, 7) is 3.77.